The van der Waals surface area contributed by atoms with E-state index in [4.69, 9.17) is 9.47 Å². The molecule has 2 saturated heterocycles. The number of hydrogen-bond acceptors (Lipinski definition) is 8. The number of hydrogen-bond donors (Lipinski definition) is 2. The molecule has 0 unspecified atom stereocenters. The summed E-state index contributed by atoms with van der Waals surface area (Å²) < 4.78 is 12.1. The van der Waals surface area contributed by atoms with Crippen LogP contribution in [0.25, 0.3) is 0 Å². The van der Waals surface area contributed by atoms with E-state index in [2.05, 4.69) is 42.1 Å². The van der Waals surface area contributed by atoms with Gasteiger partial charge in [0.2, 0.25) is 0 Å². The summed E-state index contributed by atoms with van der Waals surface area (Å²) in [5.74, 6) is 0.0751. The molecule has 0 spiro atoms. The van der Waals surface area contributed by atoms with Crippen LogP contribution in [-0.2, 0) is 31.9 Å². The molecule has 3 aliphatic heterocycles. The fourth-order valence-electron chi connectivity index (χ4n) is 8.10. The molecule has 2 aromatic rings. The van der Waals surface area contributed by atoms with Gasteiger partial charge in [-0.3, -0.25) is 14.5 Å². The number of ether oxygens (including phenoxy) is 2. The van der Waals surface area contributed by atoms with Crippen LogP contribution >= 0.6 is 31.9 Å². The Labute approximate surface area is 322 Å². The van der Waals surface area contributed by atoms with Crippen molar-refractivity contribution in [1.82, 2.24) is 19.6 Å². The zero-order valence-electron chi connectivity index (χ0n) is 29.7. The van der Waals surface area contributed by atoms with Crippen LogP contribution in [0.2, 0.25) is 0 Å². The smallest absolute Gasteiger partial charge is 0.410 e. The van der Waals surface area contributed by atoms with Crippen molar-refractivity contribution in [1.29, 1.82) is 0 Å². The maximum absolute atomic E-state index is 14.1. The van der Waals surface area contributed by atoms with Crippen LogP contribution in [-0.4, -0.2) is 119 Å². The third kappa shape index (κ3) is 9.40. The van der Waals surface area contributed by atoms with E-state index in [0.29, 0.717) is 79.5 Å². The molecule has 2 N–H and O–H groups in total. The summed E-state index contributed by atoms with van der Waals surface area (Å²) in [6.45, 7) is 6.22. The van der Waals surface area contributed by atoms with Crippen molar-refractivity contribution in [3.8, 4) is 5.75 Å². The van der Waals surface area contributed by atoms with Gasteiger partial charge in [0, 0.05) is 76.4 Å². The molecule has 0 aromatic heterocycles. The Kier molecular flexibility index (Phi) is 13.0. The Balaban J connectivity index is 1.05. The zero-order chi connectivity index (χ0) is 36.8. The fourth-order valence-corrected chi connectivity index (χ4v) is 9.39. The second-order valence-electron chi connectivity index (χ2n) is 14.3. The number of piperidine rings is 1. The molecule has 52 heavy (non-hydrogen) atoms. The number of anilines is 1. The molecular formula is C38H49Br2N5O7. The number of likely N-dealkylation sites (tertiary alicyclic amines) is 1. The Hall–Kier alpha value is -3.36. The molecule has 3 fully saturated rings. The Morgan fingerprint density at radius 3 is 2.23 bits per heavy atom. The molecule has 0 bridgehead atoms. The highest BCUT2D eigenvalue weighted by atomic mass is 79.9. The summed E-state index contributed by atoms with van der Waals surface area (Å²) >= 11 is 6.77. The van der Waals surface area contributed by atoms with Crippen LogP contribution in [0.4, 0.5) is 15.3 Å². The van der Waals surface area contributed by atoms with Crippen molar-refractivity contribution in [2.45, 2.75) is 82.9 Å². The maximum atomic E-state index is 14.1. The van der Waals surface area contributed by atoms with Crippen molar-refractivity contribution < 1.29 is 33.8 Å². The predicted octanol–water partition coefficient (Wildman–Crippen LogP) is 6.18. The lowest BCUT2D eigenvalue weighted by molar-refractivity contribution is -0.144. The maximum Gasteiger partial charge on any atom is 0.410 e. The first-order valence-electron chi connectivity index (χ1n) is 18.6. The number of amides is 4. The third-order valence-electron chi connectivity index (χ3n) is 11.0. The van der Waals surface area contributed by atoms with Crippen molar-refractivity contribution in [2.24, 2.45) is 5.92 Å². The van der Waals surface area contributed by atoms with Crippen LogP contribution in [0.15, 0.2) is 45.3 Å². The number of benzene rings is 2. The molecule has 1 atom stereocenters. The van der Waals surface area contributed by atoms with Gasteiger partial charge in [0.05, 0.1) is 15.6 Å². The van der Waals surface area contributed by atoms with Crippen LogP contribution in [0.5, 0.6) is 5.75 Å². The summed E-state index contributed by atoms with van der Waals surface area (Å²) in [6, 6.07) is 11.6. The second-order valence-corrected chi connectivity index (χ2v) is 16.0. The number of phenols is 1. The van der Waals surface area contributed by atoms with E-state index in [9.17, 15) is 24.3 Å². The number of carbonyl (C=O) groups is 4. The van der Waals surface area contributed by atoms with Crippen molar-refractivity contribution in [3.63, 3.8) is 0 Å². The van der Waals surface area contributed by atoms with Gasteiger partial charge in [-0.15, -0.1) is 0 Å². The van der Waals surface area contributed by atoms with E-state index in [1.165, 1.54) is 0 Å². The van der Waals surface area contributed by atoms with Crippen LogP contribution in [0.3, 0.4) is 0 Å². The van der Waals surface area contributed by atoms with E-state index in [1.54, 1.807) is 21.9 Å². The number of fused-ring (bicyclic) bond motifs is 1. The summed E-state index contributed by atoms with van der Waals surface area (Å²) in [4.78, 5) is 60.6. The van der Waals surface area contributed by atoms with E-state index in [0.717, 1.165) is 62.0 Å². The lowest BCUT2D eigenvalue weighted by Gasteiger charge is -2.42. The van der Waals surface area contributed by atoms with Crippen LogP contribution in [0, 0.1) is 5.92 Å². The minimum atomic E-state index is -1.05. The van der Waals surface area contributed by atoms with Crippen LogP contribution in [0.1, 0.15) is 63.0 Å². The normalized spacial score (nSPS) is 22.2. The van der Waals surface area contributed by atoms with Gasteiger partial charge in [-0.05, 0) is 119 Å². The standard InChI is InChI=1S/C38H49Br2N5O7/c1-2-51-34(46)24-25-7-9-28(10-8-25)42-17-19-43(20-18-42)36(48)33(23-26-21-30(39)35(47)31(40)22-26)52-38(50)44-14-12-29(13-15-44)45-16-11-27-5-3-4-6-32(27)41-37(45)49/h3-6,21-22,25,28-29,33,47H,2,7-20,23-24H2,1H3,(H,41,49)/t25-,28-,33-/m1/s1. The highest BCUT2D eigenvalue weighted by Gasteiger charge is 2.37. The van der Waals surface area contributed by atoms with E-state index in [1.807, 2.05) is 36.1 Å². The zero-order valence-corrected chi connectivity index (χ0v) is 32.9. The third-order valence-corrected chi connectivity index (χ3v) is 12.2. The molecule has 282 valence electrons. The molecule has 1 saturated carbocycles. The molecule has 3 heterocycles. The Morgan fingerprint density at radius 2 is 1.56 bits per heavy atom. The number of nitrogens with zero attached hydrogens (tertiary/aromatic N) is 4. The number of aromatic hydroxyl groups is 1. The minimum absolute atomic E-state index is 0.00796. The Morgan fingerprint density at radius 1 is 0.885 bits per heavy atom. The average molecular weight is 848 g/mol. The second kappa shape index (κ2) is 17.6. The van der Waals surface area contributed by atoms with Crippen LogP contribution < -0.4 is 5.32 Å². The molecule has 12 nitrogen and oxygen atoms in total. The van der Waals surface area contributed by atoms with Gasteiger partial charge in [-0.25, -0.2) is 9.59 Å². The number of halogens is 2. The van der Waals surface area contributed by atoms with E-state index >= 15 is 0 Å². The van der Waals surface area contributed by atoms with Gasteiger partial charge in [0.25, 0.3) is 5.91 Å². The average Bonchev–Trinajstić information content (AvgIpc) is 3.31. The topological polar surface area (TPSA) is 132 Å². The number of nitrogens with one attached hydrogen (secondary N) is 1. The minimum Gasteiger partial charge on any atom is -0.506 e. The van der Waals surface area contributed by atoms with Gasteiger partial charge >= 0.3 is 18.1 Å². The largest absolute Gasteiger partial charge is 0.506 e. The van der Waals surface area contributed by atoms with E-state index in [-0.39, 0.29) is 36.1 Å². The van der Waals surface area contributed by atoms with Crippen molar-refractivity contribution >= 4 is 61.5 Å². The number of carbonyl (C=O) groups excluding carboxylic acids is 4. The summed E-state index contributed by atoms with van der Waals surface area (Å²) in [5, 5.41) is 13.3. The van der Waals surface area contributed by atoms with Gasteiger partial charge in [-0.2, -0.15) is 0 Å². The number of urea groups is 1. The first-order valence-corrected chi connectivity index (χ1v) is 20.1. The monoisotopic (exact) mass is 845 g/mol. The quantitative estimate of drug-likeness (QED) is 0.287. The van der Waals surface area contributed by atoms with Crippen molar-refractivity contribution in [2.75, 3.05) is 57.7 Å². The molecule has 2 aromatic carbocycles. The number of phenolic OH excluding ortho intramolecular Hbond substituents is 1. The number of para-hydroxylation sites is 1. The molecule has 1 aliphatic carbocycles. The molecule has 0 radical (unpaired) electrons. The van der Waals surface area contributed by atoms with Crippen molar-refractivity contribution in [3.05, 3.63) is 56.5 Å². The molecular weight excluding hydrogens is 798 g/mol. The summed E-state index contributed by atoms with van der Waals surface area (Å²) in [7, 11) is 0. The fraction of sp³-hybridized carbons (Fsp3) is 0.579. The highest BCUT2D eigenvalue weighted by molar-refractivity contribution is 9.11. The lowest BCUT2D eigenvalue weighted by atomic mass is 9.83. The Bertz CT molecular complexity index is 1580. The number of piperazine rings is 1. The predicted molar refractivity (Wildman–Crippen MR) is 203 cm³/mol. The number of esters is 1. The first kappa shape index (κ1) is 38.4. The SMILES string of the molecule is CCOC(=O)C[C@H]1CC[C@H](N2CCN(C(=O)[C@@H](Cc3cc(Br)c(O)c(Br)c3)OC(=O)N3CCC(N4CCc5ccccc5NC4=O)CC3)CC2)CC1. The van der Waals surface area contributed by atoms with E-state index < -0.39 is 12.2 Å². The summed E-state index contributed by atoms with van der Waals surface area (Å²) in [6.07, 6.45) is 5.07. The molecule has 14 heteroatoms. The van der Waals surface area contributed by atoms with Gasteiger partial charge < -0.3 is 34.6 Å². The molecule has 6 rings (SSSR count). The first-order chi connectivity index (χ1) is 25.1. The van der Waals surface area contributed by atoms with Gasteiger partial charge in [-0.1, -0.05) is 18.2 Å². The number of rotatable bonds is 9. The molecule has 4 amide bonds. The van der Waals surface area contributed by atoms with Gasteiger partial charge in [0.1, 0.15) is 5.75 Å². The highest BCUT2D eigenvalue weighted by Crippen LogP contribution is 2.35. The lowest BCUT2D eigenvalue weighted by Crippen LogP contribution is -2.55. The molecule has 4 aliphatic rings. The van der Waals surface area contributed by atoms with Gasteiger partial charge in [0.15, 0.2) is 6.10 Å². The summed E-state index contributed by atoms with van der Waals surface area (Å²) in [5.41, 5.74) is 2.68.